The van der Waals surface area contributed by atoms with Crippen LogP contribution < -0.4 is 0 Å². The van der Waals surface area contributed by atoms with E-state index in [1.54, 1.807) is 0 Å². The van der Waals surface area contributed by atoms with Gasteiger partial charge in [0.2, 0.25) is 0 Å². The second-order valence-corrected chi connectivity index (χ2v) is 10.5. The highest BCUT2D eigenvalue weighted by Crippen LogP contribution is 2.34. The molecular weight excluding hydrogens is 311 g/mol. The minimum atomic E-state index is -0.160. The quantitative estimate of drug-likeness (QED) is 0.350. The summed E-state index contributed by atoms with van der Waals surface area (Å²) in [4.78, 5) is 0. The molecule has 0 aromatic carbocycles. The zero-order valence-corrected chi connectivity index (χ0v) is 18.5. The molecule has 24 heavy (non-hydrogen) atoms. The Labute approximate surface area is 153 Å². The standard InChI is InChI=1S/C22H41OP/c1-17(20(24-8)16-21(3,4)5)14-15-18(2)22(6,7)23-19-12-10-9-11-13-19/h14-15,19-20,24H,9-13,16H2,1-8H3/b17-14+,18-15+. The van der Waals surface area contributed by atoms with Gasteiger partial charge in [-0.25, -0.2) is 0 Å². The smallest absolute Gasteiger partial charge is 0.0839 e. The third-order valence-electron chi connectivity index (χ3n) is 5.27. The fraction of sp³-hybridized carbons (Fsp3) is 0.818. The Kier molecular flexibility index (Phi) is 8.71. The van der Waals surface area contributed by atoms with E-state index in [9.17, 15) is 0 Å². The fourth-order valence-electron chi connectivity index (χ4n) is 3.37. The molecule has 2 unspecified atom stereocenters. The van der Waals surface area contributed by atoms with Gasteiger partial charge in [-0.1, -0.05) is 57.8 Å². The van der Waals surface area contributed by atoms with E-state index in [0.29, 0.717) is 17.2 Å². The molecule has 1 nitrogen and oxygen atoms in total. The van der Waals surface area contributed by atoms with Crippen molar-refractivity contribution in [2.24, 2.45) is 5.41 Å². The summed E-state index contributed by atoms with van der Waals surface area (Å²) >= 11 is 0. The van der Waals surface area contributed by atoms with E-state index in [-0.39, 0.29) is 5.60 Å². The van der Waals surface area contributed by atoms with Gasteiger partial charge in [-0.2, -0.15) is 0 Å². The summed E-state index contributed by atoms with van der Waals surface area (Å²) in [6, 6.07) is 0. The Hall–Kier alpha value is -0.130. The summed E-state index contributed by atoms with van der Waals surface area (Å²) < 4.78 is 6.44. The van der Waals surface area contributed by atoms with Crippen LogP contribution in [0.5, 0.6) is 0 Å². The predicted molar refractivity (Wildman–Crippen MR) is 112 cm³/mol. The number of hydrogen-bond acceptors (Lipinski definition) is 1. The Balaban J connectivity index is 2.73. The van der Waals surface area contributed by atoms with Gasteiger partial charge in [0.1, 0.15) is 0 Å². The Morgan fingerprint density at radius 2 is 1.62 bits per heavy atom. The molecule has 0 saturated heterocycles. The molecule has 0 aliphatic heterocycles. The summed E-state index contributed by atoms with van der Waals surface area (Å²) in [5.74, 6) is 0. The largest absolute Gasteiger partial charge is 0.368 e. The minimum Gasteiger partial charge on any atom is -0.368 e. The van der Waals surface area contributed by atoms with Gasteiger partial charge in [-0.05, 0) is 70.3 Å². The first kappa shape index (κ1) is 21.9. The molecule has 1 rings (SSSR count). The lowest BCUT2D eigenvalue weighted by Gasteiger charge is -2.34. The SMILES string of the molecule is CPC(CC(C)(C)C)/C(C)=C/C=C(\C)C(C)(C)OC1CCCCC1. The molecule has 140 valence electrons. The summed E-state index contributed by atoms with van der Waals surface area (Å²) in [6.45, 7) is 18.3. The average molecular weight is 353 g/mol. The van der Waals surface area contributed by atoms with Crippen LogP contribution in [-0.2, 0) is 4.74 Å². The number of allylic oxidation sites excluding steroid dienone is 3. The van der Waals surface area contributed by atoms with Crippen LogP contribution in [0, 0.1) is 5.41 Å². The molecule has 1 aliphatic carbocycles. The zero-order valence-electron chi connectivity index (χ0n) is 17.5. The van der Waals surface area contributed by atoms with E-state index in [1.165, 1.54) is 49.7 Å². The van der Waals surface area contributed by atoms with Gasteiger partial charge in [0, 0.05) is 0 Å². The maximum Gasteiger partial charge on any atom is 0.0839 e. The first-order chi connectivity index (χ1) is 11.0. The zero-order chi connectivity index (χ0) is 18.4. The molecule has 0 N–H and O–H groups in total. The van der Waals surface area contributed by atoms with Gasteiger partial charge in [0.05, 0.1) is 11.7 Å². The molecule has 1 fully saturated rings. The van der Waals surface area contributed by atoms with Crippen LogP contribution in [0.25, 0.3) is 0 Å². The van der Waals surface area contributed by atoms with Crippen LogP contribution in [0.3, 0.4) is 0 Å². The second kappa shape index (κ2) is 9.54. The first-order valence-electron chi connectivity index (χ1n) is 9.76. The maximum atomic E-state index is 6.44. The van der Waals surface area contributed by atoms with E-state index in [4.69, 9.17) is 4.74 Å². The lowest BCUT2D eigenvalue weighted by Crippen LogP contribution is -2.33. The first-order valence-corrected chi connectivity index (χ1v) is 11.3. The Morgan fingerprint density at radius 3 is 2.12 bits per heavy atom. The highest BCUT2D eigenvalue weighted by molar-refractivity contribution is 7.38. The van der Waals surface area contributed by atoms with Crippen LogP contribution >= 0.6 is 8.58 Å². The average Bonchev–Trinajstić information content (AvgIpc) is 2.49. The molecular formula is C22H41OP. The molecule has 0 radical (unpaired) electrons. The van der Waals surface area contributed by atoms with Gasteiger partial charge in [0.25, 0.3) is 0 Å². The highest BCUT2D eigenvalue weighted by atomic mass is 31.1. The molecule has 0 heterocycles. The number of rotatable bonds is 7. The van der Waals surface area contributed by atoms with Crippen LogP contribution in [0.1, 0.15) is 87.0 Å². The monoisotopic (exact) mass is 352 g/mol. The Morgan fingerprint density at radius 1 is 1.04 bits per heavy atom. The van der Waals surface area contributed by atoms with E-state index in [1.807, 2.05) is 0 Å². The van der Waals surface area contributed by atoms with Crippen LogP contribution in [0.2, 0.25) is 0 Å². The van der Waals surface area contributed by atoms with Crippen molar-refractivity contribution >= 4 is 8.58 Å². The molecule has 2 heteroatoms. The molecule has 0 bridgehead atoms. The number of hydrogen-bond donors (Lipinski definition) is 0. The van der Waals surface area contributed by atoms with Crippen LogP contribution in [0.15, 0.2) is 23.3 Å². The lowest BCUT2D eigenvalue weighted by atomic mass is 9.88. The van der Waals surface area contributed by atoms with Gasteiger partial charge >= 0.3 is 0 Å². The van der Waals surface area contributed by atoms with E-state index < -0.39 is 0 Å². The summed E-state index contributed by atoms with van der Waals surface area (Å²) in [6.07, 6.45) is 12.9. The van der Waals surface area contributed by atoms with Crippen LogP contribution in [0.4, 0.5) is 0 Å². The van der Waals surface area contributed by atoms with Gasteiger partial charge in [0.15, 0.2) is 0 Å². The predicted octanol–water partition coefficient (Wildman–Crippen LogP) is 7.12. The summed E-state index contributed by atoms with van der Waals surface area (Å²) in [5, 5.41) is 0. The highest BCUT2D eigenvalue weighted by Gasteiger charge is 2.26. The summed E-state index contributed by atoms with van der Waals surface area (Å²) in [5.41, 5.74) is 3.79. The van der Waals surface area contributed by atoms with E-state index >= 15 is 0 Å². The molecule has 0 aromatic heterocycles. The van der Waals surface area contributed by atoms with Crippen molar-refractivity contribution in [2.75, 3.05) is 6.66 Å². The molecule has 0 spiro atoms. The van der Waals surface area contributed by atoms with Gasteiger partial charge in [-0.3, -0.25) is 0 Å². The van der Waals surface area contributed by atoms with Crippen molar-refractivity contribution in [3.8, 4) is 0 Å². The van der Waals surface area contributed by atoms with Crippen LogP contribution in [-0.4, -0.2) is 24.0 Å². The topological polar surface area (TPSA) is 9.23 Å². The summed E-state index contributed by atoms with van der Waals surface area (Å²) in [7, 11) is 0.968. The van der Waals surface area contributed by atoms with Gasteiger partial charge < -0.3 is 4.74 Å². The van der Waals surface area contributed by atoms with E-state index in [2.05, 4.69) is 67.3 Å². The second-order valence-electron chi connectivity index (χ2n) is 9.25. The molecule has 1 saturated carbocycles. The lowest BCUT2D eigenvalue weighted by molar-refractivity contribution is -0.0627. The van der Waals surface area contributed by atoms with E-state index in [0.717, 1.165) is 8.58 Å². The molecule has 2 atom stereocenters. The molecule has 1 aliphatic rings. The van der Waals surface area contributed by atoms with Crippen molar-refractivity contribution in [3.63, 3.8) is 0 Å². The normalized spacial score (nSPS) is 20.8. The minimum absolute atomic E-state index is 0.160. The van der Waals surface area contributed by atoms with Crippen molar-refractivity contribution in [1.29, 1.82) is 0 Å². The van der Waals surface area contributed by atoms with Crippen molar-refractivity contribution < 1.29 is 4.74 Å². The maximum absolute atomic E-state index is 6.44. The third kappa shape index (κ3) is 7.83. The van der Waals surface area contributed by atoms with Crippen molar-refractivity contribution in [3.05, 3.63) is 23.3 Å². The van der Waals surface area contributed by atoms with Crippen molar-refractivity contribution in [1.82, 2.24) is 0 Å². The van der Waals surface area contributed by atoms with Crippen molar-refractivity contribution in [2.45, 2.75) is 104 Å². The molecule has 0 amide bonds. The fourth-order valence-corrected chi connectivity index (χ4v) is 4.74. The third-order valence-corrected chi connectivity index (χ3v) is 6.63. The van der Waals surface area contributed by atoms with Gasteiger partial charge in [-0.15, -0.1) is 8.58 Å². The Bertz CT molecular complexity index is 433. The number of ether oxygens (including phenoxy) is 1. The molecule has 0 aromatic rings.